The lowest BCUT2D eigenvalue weighted by Gasteiger charge is -2.33. The minimum absolute atomic E-state index is 0. The van der Waals surface area contributed by atoms with E-state index in [1.165, 1.54) is 0 Å². The van der Waals surface area contributed by atoms with E-state index in [4.69, 9.17) is 23.4 Å². The smallest absolute Gasteiger partial charge is 0.230 e. The number of nitrogens with one attached hydrogen (secondary N) is 4. The van der Waals surface area contributed by atoms with Gasteiger partial charge in [0.2, 0.25) is 29.5 Å². The number of imide groups is 1. The summed E-state index contributed by atoms with van der Waals surface area (Å²) in [6, 6.07) is 0. The standard InChI is InChI=1S/3C10H17NO.C9H15NO2.CH4/c3*1-7-5-6-8(9(12)11-7)10(2,3)4;1-9(2,3)6-4-5-7(11)10-8(6)12;/h3*8H,1,5-6H2,2-4H3,(H,11,12);6H,4-5H2,1-3H3,(H,10,11,12);1H4/i2*5D2,6D2;5D,6D2;4D,5D2;/hD3. The maximum absolute atomic E-state index is 12.0. The number of carbonyl (C=O) groups is 5. The van der Waals surface area contributed by atoms with Crippen LogP contribution in [0, 0.1) is 45.3 Å². The fourth-order valence-corrected chi connectivity index (χ4v) is 4.27. The SMILES string of the molecule is C.[2H]C1([2H])C(=C)NC(=O)C(C(C)(C)C)C1([2H])[2H].[2H]C1C(=C)N([2H])C(=O)C(C(C)(C)C)C1([2H])[2H].[2H]C1C(C(C)(C)C)C(=O)N([2H])C(=O)C1([2H])[2H].[2H]N1C(=C)C([2H])([2H])C([2H])([2H])C(C(C)(C)C)C1=O. The van der Waals surface area contributed by atoms with Crippen LogP contribution in [0.2, 0.25) is 4.24 Å². The molecule has 6 unspecified atom stereocenters. The predicted octanol–water partition coefficient (Wildman–Crippen LogP) is 7.94. The van der Waals surface area contributed by atoms with E-state index in [2.05, 4.69) is 25.1 Å². The molecule has 4 saturated heterocycles. The Morgan fingerprint density at radius 3 is 1.35 bits per heavy atom. The Balaban J connectivity index is 0.000000850. The van der Waals surface area contributed by atoms with E-state index in [1.54, 1.807) is 83.1 Å². The molecule has 0 radical (unpaired) electrons. The fourth-order valence-electron chi connectivity index (χ4n) is 4.27. The van der Waals surface area contributed by atoms with Crippen molar-refractivity contribution in [3.63, 3.8) is 0 Å². The zero-order valence-electron chi connectivity index (χ0n) is 47.5. The van der Waals surface area contributed by atoms with Crippen LogP contribution in [0.4, 0.5) is 0 Å². The first-order chi connectivity index (χ1) is 28.3. The van der Waals surface area contributed by atoms with Gasteiger partial charge in [0.15, 0.2) is 4.24 Å². The lowest BCUT2D eigenvalue weighted by molar-refractivity contribution is -0.139. The second-order valence-corrected chi connectivity index (χ2v) is 16.0. The number of hydrogen-bond acceptors (Lipinski definition) is 5. The Morgan fingerprint density at radius 2 is 0.898 bits per heavy atom. The molecule has 0 aromatic heterocycles. The summed E-state index contributed by atoms with van der Waals surface area (Å²) >= 11 is 0. The molecule has 0 spiro atoms. The summed E-state index contributed by atoms with van der Waals surface area (Å²) in [6.07, 6.45) is -16.5. The largest absolute Gasteiger partial charge is 0.330 e. The molecule has 0 aromatic carbocycles. The molecule has 4 aliphatic rings. The highest BCUT2D eigenvalue weighted by molar-refractivity contribution is 5.98. The fraction of sp³-hybridized carbons (Fsp3) is 0.725. The van der Waals surface area contributed by atoms with Gasteiger partial charge in [0.25, 0.3) is 0 Å². The summed E-state index contributed by atoms with van der Waals surface area (Å²) in [4.78, 5) is 58.7. The number of allylic oxidation sites excluding steroid dienone is 3. The number of rotatable bonds is 0. The van der Waals surface area contributed by atoms with Crippen molar-refractivity contribution in [2.45, 2.75) is 142 Å². The lowest BCUT2D eigenvalue weighted by Crippen LogP contribution is -2.45. The minimum atomic E-state index is -2.48. The Morgan fingerprint density at radius 1 is 0.531 bits per heavy atom. The molecule has 6 atom stereocenters. The third kappa shape index (κ3) is 15.5. The molecule has 4 heterocycles. The summed E-state index contributed by atoms with van der Waals surface area (Å²) in [5, 5.41) is 3.34. The Hall–Kier alpha value is -3.23. The molecule has 5 amide bonds. The van der Waals surface area contributed by atoms with Crippen LogP contribution in [0.5, 0.6) is 0 Å². The zero-order chi connectivity index (χ0) is 52.5. The molecular weight excluding hydrogens is 616 g/mol. The van der Waals surface area contributed by atoms with Crippen LogP contribution in [0.1, 0.15) is 161 Å². The third-order valence-corrected chi connectivity index (χ3v) is 7.06. The summed E-state index contributed by atoms with van der Waals surface area (Å²) in [7, 11) is 0. The molecule has 9 heteroatoms. The van der Waals surface area contributed by atoms with Gasteiger partial charge in [-0.25, -0.2) is 0 Å². The Bertz CT molecular complexity index is 1920. The van der Waals surface area contributed by atoms with Crippen molar-refractivity contribution in [3.05, 3.63) is 36.8 Å². The van der Waals surface area contributed by atoms with Crippen molar-refractivity contribution in [1.29, 1.82) is 0 Å². The predicted molar refractivity (Wildman–Crippen MR) is 200 cm³/mol. The summed E-state index contributed by atoms with van der Waals surface area (Å²) < 4.78 is 131. The Kier molecular flexibility index (Phi) is 8.90. The van der Waals surface area contributed by atoms with Gasteiger partial charge in [0.05, 0.1) is 0 Å². The van der Waals surface area contributed by atoms with Crippen LogP contribution < -0.4 is 21.2 Å². The highest BCUT2D eigenvalue weighted by Crippen LogP contribution is 2.35. The number of hydrogen-bond donors (Lipinski definition) is 4. The normalized spacial score (nSPS) is 39.8. The van der Waals surface area contributed by atoms with E-state index in [9.17, 15) is 24.0 Å². The monoisotopic (exact) mass is 704 g/mol. The van der Waals surface area contributed by atoms with E-state index in [-0.39, 0.29) is 24.1 Å². The molecule has 4 fully saturated rings. The maximum Gasteiger partial charge on any atom is 0.230 e. The van der Waals surface area contributed by atoms with Crippen LogP contribution in [0.15, 0.2) is 36.8 Å². The molecule has 49 heavy (non-hydrogen) atoms. The molecule has 0 aromatic rings. The molecule has 4 rings (SSSR count). The van der Waals surface area contributed by atoms with E-state index in [0.29, 0.717) is 10.6 Å². The summed E-state index contributed by atoms with van der Waals surface area (Å²) in [6.45, 7) is 30.6. The van der Waals surface area contributed by atoms with Gasteiger partial charge in [-0.05, 0) is 66.3 Å². The number of piperidine rings is 4. The van der Waals surface area contributed by atoms with Gasteiger partial charge in [-0.3, -0.25) is 29.3 Å². The first kappa shape index (κ1) is 24.0. The molecule has 0 saturated carbocycles. The van der Waals surface area contributed by atoms with E-state index in [1.807, 2.05) is 0 Å². The van der Waals surface area contributed by atoms with Crippen LogP contribution in [-0.4, -0.2) is 29.5 Å². The van der Waals surface area contributed by atoms with Gasteiger partial charge in [0.1, 0.15) is 0 Å². The van der Waals surface area contributed by atoms with Crippen LogP contribution in [-0.2, 0) is 24.0 Å². The van der Waals surface area contributed by atoms with Gasteiger partial charge >= 0.3 is 0 Å². The van der Waals surface area contributed by atoms with Crippen molar-refractivity contribution >= 4 is 29.5 Å². The van der Waals surface area contributed by atoms with E-state index < -0.39 is 132 Å². The molecular formula is C40H70N4O5. The van der Waals surface area contributed by atoms with Crippen molar-refractivity contribution in [2.75, 3.05) is 0 Å². The van der Waals surface area contributed by atoms with Crippen molar-refractivity contribution in [3.8, 4) is 0 Å². The molecule has 9 nitrogen and oxygen atoms in total. The van der Waals surface area contributed by atoms with Crippen molar-refractivity contribution in [2.24, 2.45) is 45.3 Å². The van der Waals surface area contributed by atoms with Crippen LogP contribution in [0.25, 0.3) is 0 Å². The second kappa shape index (κ2) is 18.1. The highest BCUT2D eigenvalue weighted by atomic mass is 16.2. The zero-order valence-corrected chi connectivity index (χ0v) is 30.5. The van der Waals surface area contributed by atoms with Gasteiger partial charge in [-0.2, -0.15) is 0 Å². The lowest BCUT2D eigenvalue weighted by atomic mass is 9.76. The first-order valence-electron chi connectivity index (χ1n) is 24.0. The van der Waals surface area contributed by atoms with Gasteiger partial charge in [-0.1, -0.05) is 110 Å². The van der Waals surface area contributed by atoms with Gasteiger partial charge in [0, 0.05) is 66.3 Å². The van der Waals surface area contributed by atoms with E-state index in [0.717, 1.165) is 0 Å². The summed E-state index contributed by atoms with van der Waals surface area (Å²) in [5.74, 6) is -8.16. The molecule has 0 aliphatic carbocycles. The maximum atomic E-state index is 12.0. The topological polar surface area (TPSA) is 133 Å². The average molecular weight is 704 g/mol. The second-order valence-electron chi connectivity index (χ2n) is 16.0. The van der Waals surface area contributed by atoms with Crippen molar-refractivity contribution < 1.29 is 47.4 Å². The summed E-state index contributed by atoms with van der Waals surface area (Å²) in [5.41, 5.74) is -3.46. The molecule has 4 N–H and O–H groups in total. The van der Waals surface area contributed by atoms with Gasteiger partial charge in [-0.15, -0.1) is 0 Å². The highest BCUT2D eigenvalue weighted by Gasteiger charge is 2.37. The van der Waals surface area contributed by atoms with Gasteiger partial charge < -0.3 is 15.9 Å². The molecule has 0 bridgehead atoms. The first-order valence-corrected chi connectivity index (χ1v) is 15.5. The minimum Gasteiger partial charge on any atom is -0.330 e. The van der Waals surface area contributed by atoms with Crippen LogP contribution in [0.3, 0.4) is 0 Å². The quantitative estimate of drug-likeness (QED) is 0.190. The third-order valence-electron chi connectivity index (χ3n) is 7.06. The molecule has 4 aliphatic heterocycles. The van der Waals surface area contributed by atoms with Crippen LogP contribution >= 0.6 is 0 Å². The molecule has 280 valence electrons. The number of amides is 5. The van der Waals surface area contributed by atoms with E-state index >= 15 is 0 Å². The average Bonchev–Trinajstić information content (AvgIpc) is 3.08. The van der Waals surface area contributed by atoms with Crippen molar-refractivity contribution in [1.82, 2.24) is 21.2 Å². The number of carbonyl (C=O) groups excluding carboxylic acids is 5. The Labute approximate surface area is 322 Å².